The molecule has 6 nitrogen and oxygen atoms in total. The van der Waals surface area contributed by atoms with Gasteiger partial charge >= 0.3 is 5.97 Å². The molecule has 0 unspecified atom stereocenters. The Morgan fingerprint density at radius 1 is 0.923 bits per heavy atom. The summed E-state index contributed by atoms with van der Waals surface area (Å²) in [6.07, 6.45) is 0. The van der Waals surface area contributed by atoms with Crippen LogP contribution in [0.25, 0.3) is 11.1 Å². The van der Waals surface area contributed by atoms with Gasteiger partial charge in [-0.15, -0.1) is 0 Å². The molecule has 0 amide bonds. The molecule has 3 aromatic carbocycles. The third kappa shape index (κ3) is 4.24. The number of rotatable bonds is 6. The lowest BCUT2D eigenvalue weighted by molar-refractivity contribution is -0.384. The smallest absolute Gasteiger partial charge is 0.349 e. The molecule has 0 spiro atoms. The van der Waals surface area contributed by atoms with Gasteiger partial charge in [-0.2, -0.15) is 0 Å². The van der Waals surface area contributed by atoms with Gasteiger partial charge < -0.3 is 9.47 Å². The zero-order chi connectivity index (χ0) is 18.4. The van der Waals surface area contributed by atoms with E-state index in [0.29, 0.717) is 5.75 Å². The molecule has 3 aromatic rings. The number of benzene rings is 3. The summed E-state index contributed by atoms with van der Waals surface area (Å²) in [6, 6.07) is 22.5. The van der Waals surface area contributed by atoms with E-state index in [-0.39, 0.29) is 18.0 Å². The van der Waals surface area contributed by atoms with Gasteiger partial charge in [0.1, 0.15) is 11.5 Å². The van der Waals surface area contributed by atoms with Gasteiger partial charge in [-0.3, -0.25) is 10.1 Å². The second-order valence-corrected chi connectivity index (χ2v) is 5.38. The van der Waals surface area contributed by atoms with Crippen LogP contribution in [0.15, 0.2) is 78.9 Å². The van der Waals surface area contributed by atoms with Gasteiger partial charge in [0.25, 0.3) is 5.69 Å². The van der Waals surface area contributed by atoms with Crippen LogP contribution >= 0.6 is 0 Å². The van der Waals surface area contributed by atoms with Gasteiger partial charge in [0.2, 0.25) is 0 Å². The number of non-ortho nitro benzene ring substituents is 1. The van der Waals surface area contributed by atoms with E-state index in [1.807, 2.05) is 48.5 Å². The van der Waals surface area contributed by atoms with Crippen LogP contribution in [0.4, 0.5) is 5.69 Å². The minimum atomic E-state index is -0.645. The molecule has 6 heteroatoms. The maximum Gasteiger partial charge on any atom is 0.349 e. The van der Waals surface area contributed by atoms with Crippen molar-refractivity contribution < 1.29 is 19.2 Å². The number of esters is 1. The Labute approximate surface area is 149 Å². The molecule has 0 atom stereocenters. The molecule has 0 bridgehead atoms. The van der Waals surface area contributed by atoms with Crippen molar-refractivity contribution in [1.29, 1.82) is 0 Å². The van der Waals surface area contributed by atoms with Gasteiger partial charge in [-0.1, -0.05) is 54.6 Å². The lowest BCUT2D eigenvalue weighted by atomic mass is 10.1. The standard InChI is InChI=1S/C20H15NO5/c22-20(26-17-10-6-9-16(13-17)21(23)24)14-25-19-12-5-4-11-18(19)15-7-2-1-3-8-15/h1-13H,14H2. The minimum Gasteiger partial charge on any atom is -0.481 e. The number of hydrogen-bond donors (Lipinski definition) is 0. The average Bonchev–Trinajstić information content (AvgIpc) is 2.67. The highest BCUT2D eigenvalue weighted by atomic mass is 16.6. The number of nitrogens with zero attached hydrogens (tertiary/aromatic N) is 1. The third-order valence-corrected chi connectivity index (χ3v) is 3.58. The summed E-state index contributed by atoms with van der Waals surface area (Å²) in [5.74, 6) is 0.00667. The molecule has 0 saturated heterocycles. The third-order valence-electron chi connectivity index (χ3n) is 3.58. The van der Waals surface area contributed by atoms with Crippen molar-refractivity contribution >= 4 is 11.7 Å². The number of carbonyl (C=O) groups is 1. The minimum absolute atomic E-state index is 0.101. The average molecular weight is 349 g/mol. The number of nitro benzene ring substituents is 1. The highest BCUT2D eigenvalue weighted by molar-refractivity contribution is 5.75. The first-order valence-corrected chi connectivity index (χ1v) is 7.86. The summed E-state index contributed by atoms with van der Waals surface area (Å²) < 4.78 is 10.7. The topological polar surface area (TPSA) is 78.7 Å². The summed E-state index contributed by atoms with van der Waals surface area (Å²) in [5, 5.41) is 10.8. The van der Waals surface area contributed by atoms with E-state index < -0.39 is 10.9 Å². The van der Waals surface area contributed by atoms with Crippen molar-refractivity contribution in [3.05, 3.63) is 89.0 Å². The van der Waals surface area contributed by atoms with E-state index in [1.54, 1.807) is 6.07 Å². The van der Waals surface area contributed by atoms with E-state index in [9.17, 15) is 14.9 Å². The highest BCUT2D eigenvalue weighted by Gasteiger charge is 2.12. The fourth-order valence-electron chi connectivity index (χ4n) is 2.41. The van der Waals surface area contributed by atoms with Gasteiger partial charge in [-0.05, 0) is 17.7 Å². The van der Waals surface area contributed by atoms with Gasteiger partial charge in [-0.25, -0.2) is 4.79 Å². The van der Waals surface area contributed by atoms with Crippen molar-refractivity contribution in [2.45, 2.75) is 0 Å². The van der Waals surface area contributed by atoms with Crippen LogP contribution in [0.5, 0.6) is 11.5 Å². The normalized spacial score (nSPS) is 10.2. The Balaban J connectivity index is 1.67. The number of hydrogen-bond acceptors (Lipinski definition) is 5. The van der Waals surface area contributed by atoms with Gasteiger partial charge in [0.05, 0.1) is 11.0 Å². The fourth-order valence-corrected chi connectivity index (χ4v) is 2.41. The molecule has 0 saturated carbocycles. The number of nitro groups is 1. The first-order chi connectivity index (χ1) is 12.6. The van der Waals surface area contributed by atoms with E-state index in [0.717, 1.165) is 11.1 Å². The summed E-state index contributed by atoms with van der Waals surface area (Å²) in [7, 11) is 0. The van der Waals surface area contributed by atoms with Crippen molar-refractivity contribution in [1.82, 2.24) is 0 Å². The zero-order valence-electron chi connectivity index (χ0n) is 13.7. The monoisotopic (exact) mass is 349 g/mol. The first-order valence-electron chi connectivity index (χ1n) is 7.86. The van der Waals surface area contributed by atoms with E-state index in [4.69, 9.17) is 9.47 Å². The molecule has 0 N–H and O–H groups in total. The molecule has 0 aliphatic carbocycles. The molecular formula is C20H15NO5. The Bertz CT molecular complexity index is 924. The van der Waals surface area contributed by atoms with Gasteiger partial charge in [0, 0.05) is 11.6 Å². The summed E-state index contributed by atoms with van der Waals surface area (Å²) in [4.78, 5) is 22.2. The molecule has 0 radical (unpaired) electrons. The molecule has 0 aliphatic rings. The zero-order valence-corrected chi connectivity index (χ0v) is 13.7. The number of para-hydroxylation sites is 1. The van der Waals surface area contributed by atoms with Crippen LogP contribution < -0.4 is 9.47 Å². The quantitative estimate of drug-likeness (QED) is 0.288. The van der Waals surface area contributed by atoms with Gasteiger partial charge in [0.15, 0.2) is 6.61 Å². The molecule has 0 aliphatic heterocycles. The van der Waals surface area contributed by atoms with E-state index in [2.05, 4.69) is 0 Å². The second-order valence-electron chi connectivity index (χ2n) is 5.38. The first kappa shape index (κ1) is 17.2. The lowest BCUT2D eigenvalue weighted by Crippen LogP contribution is -2.18. The van der Waals surface area contributed by atoms with Crippen LogP contribution in [-0.4, -0.2) is 17.5 Å². The number of ether oxygens (including phenoxy) is 2. The maximum atomic E-state index is 12.0. The maximum absolute atomic E-state index is 12.0. The fraction of sp³-hybridized carbons (Fsp3) is 0.0500. The predicted octanol–water partition coefficient (Wildman–Crippen LogP) is 4.25. The van der Waals surface area contributed by atoms with Crippen molar-refractivity contribution in [2.75, 3.05) is 6.61 Å². The van der Waals surface area contributed by atoms with Crippen LogP contribution in [0.2, 0.25) is 0 Å². The van der Waals surface area contributed by atoms with Crippen molar-refractivity contribution in [3.8, 4) is 22.6 Å². The molecule has 0 fully saturated rings. The van der Waals surface area contributed by atoms with Crippen LogP contribution in [0.1, 0.15) is 0 Å². The summed E-state index contributed by atoms with van der Waals surface area (Å²) in [6.45, 7) is -0.313. The van der Waals surface area contributed by atoms with Crippen molar-refractivity contribution in [3.63, 3.8) is 0 Å². The van der Waals surface area contributed by atoms with E-state index in [1.165, 1.54) is 24.3 Å². The summed E-state index contributed by atoms with van der Waals surface area (Å²) >= 11 is 0. The van der Waals surface area contributed by atoms with E-state index >= 15 is 0 Å². The lowest BCUT2D eigenvalue weighted by Gasteiger charge is -2.11. The Kier molecular flexibility index (Phi) is 5.24. The molecule has 26 heavy (non-hydrogen) atoms. The van der Waals surface area contributed by atoms with Crippen molar-refractivity contribution in [2.24, 2.45) is 0 Å². The SMILES string of the molecule is O=C(COc1ccccc1-c1ccccc1)Oc1cccc([N+](=O)[O-])c1. The predicted molar refractivity (Wildman–Crippen MR) is 96.1 cm³/mol. The Morgan fingerprint density at radius 2 is 1.65 bits per heavy atom. The molecule has 0 heterocycles. The van der Waals surface area contributed by atoms with Crippen LogP contribution in [0.3, 0.4) is 0 Å². The van der Waals surface area contributed by atoms with Crippen LogP contribution in [0, 0.1) is 10.1 Å². The molecule has 0 aromatic heterocycles. The second kappa shape index (κ2) is 7.94. The highest BCUT2D eigenvalue weighted by Crippen LogP contribution is 2.29. The molecule has 3 rings (SSSR count). The Hall–Kier alpha value is -3.67. The Morgan fingerprint density at radius 3 is 2.42 bits per heavy atom. The van der Waals surface area contributed by atoms with Crippen LogP contribution in [-0.2, 0) is 4.79 Å². The number of carbonyl (C=O) groups excluding carboxylic acids is 1. The largest absolute Gasteiger partial charge is 0.481 e. The molecular weight excluding hydrogens is 334 g/mol. The molecule has 130 valence electrons. The summed E-state index contributed by atoms with van der Waals surface area (Å²) in [5.41, 5.74) is 1.68.